The summed E-state index contributed by atoms with van der Waals surface area (Å²) >= 11 is 0. The van der Waals surface area contributed by atoms with Crippen molar-refractivity contribution in [3.63, 3.8) is 0 Å². The molecular formula is C11H12F3N3O2. The zero-order valence-corrected chi connectivity index (χ0v) is 10.3. The standard InChI is InChI=1S/C11H12F3N3O2/c1-6-5-7(16-8(15-6)9(18)19-2)17-10(3-4-10)11(12,13)14/h5H,3-4H2,1-2H3,(H,15,16,17). The number of aryl methyl sites for hydroxylation is 1. The molecule has 1 aliphatic carbocycles. The SMILES string of the molecule is COC(=O)c1nc(C)cc(NC2(C(F)(F)F)CC2)n1. The summed E-state index contributed by atoms with van der Waals surface area (Å²) in [5.74, 6) is -1.07. The fourth-order valence-corrected chi connectivity index (χ4v) is 1.66. The zero-order valence-electron chi connectivity index (χ0n) is 10.3. The van der Waals surface area contributed by atoms with Crippen molar-refractivity contribution in [1.29, 1.82) is 0 Å². The van der Waals surface area contributed by atoms with Crippen LogP contribution in [0, 0.1) is 6.92 Å². The highest BCUT2D eigenvalue weighted by atomic mass is 19.4. The predicted molar refractivity (Wildman–Crippen MR) is 59.8 cm³/mol. The molecule has 2 rings (SSSR count). The van der Waals surface area contributed by atoms with Crippen molar-refractivity contribution in [2.75, 3.05) is 12.4 Å². The third-order valence-electron chi connectivity index (χ3n) is 2.88. The maximum Gasteiger partial charge on any atom is 0.411 e. The lowest BCUT2D eigenvalue weighted by Crippen LogP contribution is -2.39. The minimum Gasteiger partial charge on any atom is -0.463 e. The van der Waals surface area contributed by atoms with Gasteiger partial charge in [-0.1, -0.05) is 0 Å². The first kappa shape index (κ1) is 13.6. The lowest BCUT2D eigenvalue weighted by atomic mass is 10.2. The molecule has 8 heteroatoms. The van der Waals surface area contributed by atoms with Gasteiger partial charge < -0.3 is 10.1 Å². The number of nitrogens with zero attached hydrogens (tertiary/aromatic N) is 2. The Hall–Kier alpha value is -1.86. The molecule has 0 atom stereocenters. The first-order valence-corrected chi connectivity index (χ1v) is 5.56. The van der Waals surface area contributed by atoms with Crippen molar-refractivity contribution in [3.8, 4) is 0 Å². The van der Waals surface area contributed by atoms with Crippen molar-refractivity contribution in [2.45, 2.75) is 31.5 Å². The zero-order chi connectivity index (χ0) is 14.3. The lowest BCUT2D eigenvalue weighted by Gasteiger charge is -2.21. The number of rotatable bonds is 3. The predicted octanol–water partition coefficient (Wildman–Crippen LogP) is 2.08. The number of ether oxygens (including phenoxy) is 1. The number of aromatic nitrogens is 2. The number of hydrogen-bond donors (Lipinski definition) is 1. The first-order valence-electron chi connectivity index (χ1n) is 5.56. The number of halogens is 3. The van der Waals surface area contributed by atoms with Gasteiger partial charge in [0.15, 0.2) is 0 Å². The lowest BCUT2D eigenvalue weighted by molar-refractivity contribution is -0.151. The van der Waals surface area contributed by atoms with Gasteiger partial charge in [-0.2, -0.15) is 13.2 Å². The Balaban J connectivity index is 2.27. The van der Waals surface area contributed by atoms with Gasteiger partial charge in [0, 0.05) is 11.8 Å². The molecule has 1 aromatic rings. The second kappa shape index (κ2) is 4.36. The first-order chi connectivity index (χ1) is 8.77. The highest BCUT2D eigenvalue weighted by molar-refractivity contribution is 5.85. The monoisotopic (exact) mass is 275 g/mol. The molecule has 19 heavy (non-hydrogen) atoms. The molecule has 0 radical (unpaired) electrons. The number of methoxy groups -OCH3 is 1. The molecule has 1 aromatic heterocycles. The topological polar surface area (TPSA) is 64.1 Å². The summed E-state index contributed by atoms with van der Waals surface area (Å²) in [5.41, 5.74) is -1.54. The van der Waals surface area contributed by atoms with Crippen LogP contribution in [0.25, 0.3) is 0 Å². The van der Waals surface area contributed by atoms with E-state index < -0.39 is 17.7 Å². The van der Waals surface area contributed by atoms with E-state index in [9.17, 15) is 18.0 Å². The summed E-state index contributed by atoms with van der Waals surface area (Å²) in [4.78, 5) is 18.9. The van der Waals surface area contributed by atoms with Crippen molar-refractivity contribution >= 4 is 11.8 Å². The summed E-state index contributed by atoms with van der Waals surface area (Å²) in [5, 5.41) is 2.35. The summed E-state index contributed by atoms with van der Waals surface area (Å²) in [7, 11) is 1.15. The molecule has 1 saturated carbocycles. The average Bonchev–Trinajstić information content (AvgIpc) is 3.07. The van der Waals surface area contributed by atoms with Gasteiger partial charge in [-0.25, -0.2) is 14.8 Å². The molecule has 104 valence electrons. The van der Waals surface area contributed by atoms with Crippen molar-refractivity contribution in [2.24, 2.45) is 0 Å². The maximum absolute atomic E-state index is 12.8. The Morgan fingerprint density at radius 1 is 1.42 bits per heavy atom. The second-order valence-corrected chi connectivity index (χ2v) is 4.41. The molecule has 1 aliphatic rings. The number of hydrogen-bond acceptors (Lipinski definition) is 5. The van der Waals surface area contributed by atoms with Crippen LogP contribution in [0.5, 0.6) is 0 Å². The van der Waals surface area contributed by atoms with Gasteiger partial charge in [-0.15, -0.1) is 0 Å². The smallest absolute Gasteiger partial charge is 0.411 e. The second-order valence-electron chi connectivity index (χ2n) is 4.41. The maximum atomic E-state index is 12.8. The van der Waals surface area contributed by atoms with Gasteiger partial charge in [-0.05, 0) is 19.8 Å². The number of esters is 1. The normalized spacial score (nSPS) is 16.9. The molecule has 0 aliphatic heterocycles. The minimum atomic E-state index is -4.35. The largest absolute Gasteiger partial charge is 0.463 e. The fraction of sp³-hybridized carbons (Fsp3) is 0.545. The molecule has 0 spiro atoms. The van der Waals surface area contributed by atoms with Gasteiger partial charge >= 0.3 is 12.1 Å². The Labute approximate surface area is 107 Å². The Kier molecular flexibility index (Phi) is 3.11. The van der Waals surface area contributed by atoms with E-state index in [1.807, 2.05) is 0 Å². The van der Waals surface area contributed by atoms with Crippen LogP contribution in [-0.4, -0.2) is 34.8 Å². The molecule has 1 N–H and O–H groups in total. The molecule has 0 saturated heterocycles. The van der Waals surface area contributed by atoms with E-state index in [0.717, 1.165) is 7.11 Å². The number of anilines is 1. The van der Waals surface area contributed by atoms with Gasteiger partial charge in [0.05, 0.1) is 7.11 Å². The Morgan fingerprint density at radius 3 is 2.53 bits per heavy atom. The summed E-state index contributed by atoms with van der Waals surface area (Å²) in [6, 6.07) is 1.36. The fourth-order valence-electron chi connectivity index (χ4n) is 1.66. The van der Waals surface area contributed by atoms with Gasteiger partial charge in [0.25, 0.3) is 0 Å². The molecule has 5 nitrogen and oxygen atoms in total. The van der Waals surface area contributed by atoms with E-state index in [0.29, 0.717) is 5.69 Å². The van der Waals surface area contributed by atoms with Crippen LogP contribution in [0.15, 0.2) is 6.07 Å². The van der Waals surface area contributed by atoms with E-state index >= 15 is 0 Å². The van der Waals surface area contributed by atoms with Crippen LogP contribution in [-0.2, 0) is 4.74 Å². The van der Waals surface area contributed by atoms with Crippen molar-refractivity contribution in [1.82, 2.24) is 9.97 Å². The Morgan fingerprint density at radius 2 is 2.05 bits per heavy atom. The van der Waals surface area contributed by atoms with Gasteiger partial charge in [0.2, 0.25) is 5.82 Å². The minimum absolute atomic E-state index is 0.00684. The van der Waals surface area contributed by atoms with Crippen molar-refractivity contribution in [3.05, 3.63) is 17.6 Å². The third kappa shape index (κ3) is 2.61. The van der Waals surface area contributed by atoms with Crippen LogP contribution in [0.1, 0.15) is 29.2 Å². The number of carbonyl (C=O) groups excluding carboxylic acids is 1. The van der Waals surface area contributed by atoms with Crippen LogP contribution in [0.4, 0.5) is 19.0 Å². The summed E-state index contributed by atoms with van der Waals surface area (Å²) < 4.78 is 42.9. The molecule has 0 bridgehead atoms. The number of nitrogens with one attached hydrogen (secondary N) is 1. The summed E-state index contributed by atoms with van der Waals surface area (Å²) in [6.45, 7) is 1.56. The summed E-state index contributed by atoms with van der Waals surface area (Å²) in [6.07, 6.45) is -4.36. The van der Waals surface area contributed by atoms with Gasteiger partial charge in [-0.3, -0.25) is 0 Å². The van der Waals surface area contributed by atoms with E-state index in [4.69, 9.17) is 0 Å². The quantitative estimate of drug-likeness (QED) is 0.856. The van der Waals surface area contributed by atoms with E-state index in [-0.39, 0.29) is 24.5 Å². The van der Waals surface area contributed by atoms with Crippen LogP contribution < -0.4 is 5.32 Å². The van der Waals surface area contributed by atoms with Crippen LogP contribution in [0.2, 0.25) is 0 Å². The number of carbonyl (C=O) groups is 1. The number of alkyl halides is 3. The Bertz CT molecular complexity index is 512. The van der Waals surface area contributed by atoms with E-state index in [1.165, 1.54) is 6.07 Å². The molecule has 0 aromatic carbocycles. The van der Waals surface area contributed by atoms with E-state index in [2.05, 4.69) is 20.0 Å². The highest BCUT2D eigenvalue weighted by Gasteiger charge is 2.63. The third-order valence-corrected chi connectivity index (χ3v) is 2.88. The molecule has 1 heterocycles. The molecule has 1 fully saturated rings. The average molecular weight is 275 g/mol. The van der Waals surface area contributed by atoms with Crippen LogP contribution in [0.3, 0.4) is 0 Å². The van der Waals surface area contributed by atoms with E-state index in [1.54, 1.807) is 6.92 Å². The molecular weight excluding hydrogens is 263 g/mol. The molecule has 0 amide bonds. The van der Waals surface area contributed by atoms with Gasteiger partial charge in [0.1, 0.15) is 11.4 Å². The highest BCUT2D eigenvalue weighted by Crippen LogP contribution is 2.50. The van der Waals surface area contributed by atoms with Crippen LogP contribution >= 0.6 is 0 Å². The molecule has 0 unspecified atom stereocenters. The van der Waals surface area contributed by atoms with Crippen molar-refractivity contribution < 1.29 is 22.7 Å².